The molecule has 16 heavy (non-hydrogen) atoms. The van der Waals surface area contributed by atoms with Crippen LogP contribution in [0.5, 0.6) is 0 Å². The van der Waals surface area contributed by atoms with Crippen LogP contribution in [-0.4, -0.2) is 20.3 Å². The van der Waals surface area contributed by atoms with Crippen LogP contribution in [0.1, 0.15) is 37.6 Å². The molecule has 0 bridgehead atoms. The molecule has 0 aliphatic heterocycles. The summed E-state index contributed by atoms with van der Waals surface area (Å²) < 4.78 is 5.64. The molecule has 2 nitrogen and oxygen atoms in total. The van der Waals surface area contributed by atoms with E-state index in [1.807, 2.05) is 7.05 Å². The van der Waals surface area contributed by atoms with Crippen LogP contribution in [0.2, 0.25) is 0 Å². The number of nitrogens with one attached hydrogen (secondary N) is 1. The second kappa shape index (κ2) is 7.82. The maximum Gasteiger partial charge on any atom is 0.0484 e. The predicted octanol–water partition coefficient (Wildman–Crippen LogP) is 3.46. The van der Waals surface area contributed by atoms with Crippen LogP contribution >= 0.6 is 11.3 Å². The monoisotopic (exact) mass is 241 g/mol. The minimum Gasteiger partial charge on any atom is -0.381 e. The van der Waals surface area contributed by atoms with Crippen molar-refractivity contribution >= 4 is 11.3 Å². The van der Waals surface area contributed by atoms with Crippen molar-refractivity contribution in [3.63, 3.8) is 0 Å². The minimum atomic E-state index is 0.444. The van der Waals surface area contributed by atoms with Gasteiger partial charge in [-0.25, -0.2) is 0 Å². The Hall–Kier alpha value is -0.380. The van der Waals surface area contributed by atoms with Gasteiger partial charge in [0.1, 0.15) is 0 Å². The fourth-order valence-corrected chi connectivity index (χ4v) is 2.41. The molecule has 0 saturated carbocycles. The topological polar surface area (TPSA) is 21.3 Å². The highest BCUT2D eigenvalue weighted by Crippen LogP contribution is 2.21. The molecule has 3 heteroatoms. The number of rotatable bonds is 8. The summed E-state index contributed by atoms with van der Waals surface area (Å²) in [5.74, 6) is 0.734. The highest BCUT2D eigenvalue weighted by molar-refractivity contribution is 7.10. The second-order valence-electron chi connectivity index (χ2n) is 4.44. The van der Waals surface area contributed by atoms with E-state index in [1.165, 1.54) is 4.88 Å². The second-order valence-corrected chi connectivity index (χ2v) is 5.42. The van der Waals surface area contributed by atoms with Gasteiger partial charge in [-0.15, -0.1) is 11.3 Å². The molecular weight excluding hydrogens is 218 g/mol. The number of thiophene rings is 1. The van der Waals surface area contributed by atoms with Gasteiger partial charge < -0.3 is 10.1 Å². The number of ether oxygens (including phenoxy) is 1. The van der Waals surface area contributed by atoms with Crippen molar-refractivity contribution in [3.05, 3.63) is 22.4 Å². The summed E-state index contributed by atoms with van der Waals surface area (Å²) in [6.45, 7) is 6.19. The molecule has 1 unspecified atom stereocenters. The summed E-state index contributed by atoms with van der Waals surface area (Å²) in [6, 6.07) is 4.73. The third-order valence-electron chi connectivity index (χ3n) is 2.63. The molecule has 0 spiro atoms. The number of hydrogen-bond donors (Lipinski definition) is 1. The van der Waals surface area contributed by atoms with Crippen LogP contribution in [0.3, 0.4) is 0 Å². The summed E-state index contributed by atoms with van der Waals surface area (Å²) in [5, 5.41) is 5.46. The molecule has 0 radical (unpaired) electrons. The first kappa shape index (κ1) is 13.7. The average molecular weight is 241 g/mol. The van der Waals surface area contributed by atoms with Gasteiger partial charge in [0.05, 0.1) is 0 Å². The Morgan fingerprint density at radius 3 is 2.62 bits per heavy atom. The van der Waals surface area contributed by atoms with Crippen LogP contribution in [0.15, 0.2) is 17.5 Å². The number of hydrogen-bond acceptors (Lipinski definition) is 3. The summed E-state index contributed by atoms with van der Waals surface area (Å²) in [7, 11) is 2.01. The van der Waals surface area contributed by atoms with E-state index in [0.29, 0.717) is 6.04 Å². The van der Waals surface area contributed by atoms with Gasteiger partial charge in [-0.2, -0.15) is 0 Å². The summed E-state index contributed by atoms with van der Waals surface area (Å²) in [4.78, 5) is 1.40. The first-order valence-electron chi connectivity index (χ1n) is 6.02. The predicted molar refractivity (Wildman–Crippen MR) is 71.0 cm³/mol. The summed E-state index contributed by atoms with van der Waals surface area (Å²) in [6.07, 6.45) is 2.21. The molecule has 1 N–H and O–H groups in total. The van der Waals surface area contributed by atoms with Crippen LogP contribution in [0.25, 0.3) is 0 Å². The third-order valence-corrected chi connectivity index (χ3v) is 3.61. The molecule has 0 fully saturated rings. The molecule has 0 saturated heterocycles. The van der Waals surface area contributed by atoms with Gasteiger partial charge >= 0.3 is 0 Å². The lowest BCUT2D eigenvalue weighted by Crippen LogP contribution is -2.17. The highest BCUT2D eigenvalue weighted by Gasteiger charge is 2.09. The standard InChI is InChI=1S/C13H23NOS/c1-11(2)6-8-15-9-7-12(14-3)13-5-4-10-16-13/h4-5,10-12,14H,6-9H2,1-3H3. The van der Waals surface area contributed by atoms with Crippen molar-refractivity contribution in [2.75, 3.05) is 20.3 Å². The van der Waals surface area contributed by atoms with E-state index in [4.69, 9.17) is 4.74 Å². The van der Waals surface area contributed by atoms with E-state index in [-0.39, 0.29) is 0 Å². The molecule has 1 heterocycles. The molecule has 1 aromatic heterocycles. The van der Waals surface area contributed by atoms with Crippen LogP contribution in [-0.2, 0) is 4.74 Å². The van der Waals surface area contributed by atoms with E-state index in [9.17, 15) is 0 Å². The van der Waals surface area contributed by atoms with Gasteiger partial charge in [0, 0.05) is 24.1 Å². The minimum absolute atomic E-state index is 0.444. The fourth-order valence-electron chi connectivity index (χ4n) is 1.54. The third kappa shape index (κ3) is 5.10. The van der Waals surface area contributed by atoms with Crippen LogP contribution in [0, 0.1) is 5.92 Å². The van der Waals surface area contributed by atoms with Gasteiger partial charge in [-0.05, 0) is 37.3 Å². The Kier molecular flexibility index (Phi) is 6.69. The average Bonchev–Trinajstić information content (AvgIpc) is 2.76. The molecular formula is C13H23NOS. The van der Waals surface area contributed by atoms with Gasteiger partial charge in [-0.1, -0.05) is 19.9 Å². The van der Waals surface area contributed by atoms with Crippen molar-refractivity contribution < 1.29 is 4.74 Å². The van der Waals surface area contributed by atoms with Gasteiger partial charge in [0.2, 0.25) is 0 Å². The van der Waals surface area contributed by atoms with E-state index in [1.54, 1.807) is 11.3 Å². The van der Waals surface area contributed by atoms with Crippen LogP contribution in [0.4, 0.5) is 0 Å². The van der Waals surface area contributed by atoms with Gasteiger partial charge in [-0.3, -0.25) is 0 Å². The maximum atomic E-state index is 5.64. The molecule has 0 aliphatic carbocycles. The molecule has 92 valence electrons. The quantitative estimate of drug-likeness (QED) is 0.704. The molecule has 1 atom stereocenters. The zero-order valence-corrected chi connectivity index (χ0v) is 11.3. The van der Waals surface area contributed by atoms with E-state index < -0.39 is 0 Å². The fraction of sp³-hybridized carbons (Fsp3) is 0.692. The Labute approximate surface area is 103 Å². The molecule has 1 aromatic rings. The first-order chi connectivity index (χ1) is 7.74. The lowest BCUT2D eigenvalue weighted by atomic mass is 10.1. The van der Waals surface area contributed by atoms with Crippen molar-refractivity contribution in [1.29, 1.82) is 0 Å². The SMILES string of the molecule is CNC(CCOCCC(C)C)c1cccs1. The van der Waals surface area contributed by atoms with E-state index >= 15 is 0 Å². The summed E-state index contributed by atoms with van der Waals surface area (Å²) in [5.41, 5.74) is 0. The zero-order valence-electron chi connectivity index (χ0n) is 10.5. The molecule has 0 aromatic carbocycles. The molecule has 0 amide bonds. The van der Waals surface area contributed by atoms with Gasteiger partial charge in [0.25, 0.3) is 0 Å². The first-order valence-corrected chi connectivity index (χ1v) is 6.90. The van der Waals surface area contributed by atoms with Crippen molar-refractivity contribution in [2.45, 2.75) is 32.7 Å². The van der Waals surface area contributed by atoms with Crippen molar-refractivity contribution in [3.8, 4) is 0 Å². The summed E-state index contributed by atoms with van der Waals surface area (Å²) >= 11 is 1.81. The lowest BCUT2D eigenvalue weighted by molar-refractivity contribution is 0.115. The normalized spacial score (nSPS) is 13.2. The van der Waals surface area contributed by atoms with Gasteiger partial charge in [0.15, 0.2) is 0 Å². The van der Waals surface area contributed by atoms with Crippen molar-refractivity contribution in [2.24, 2.45) is 5.92 Å². The smallest absolute Gasteiger partial charge is 0.0484 e. The Bertz CT molecular complexity index is 259. The Morgan fingerprint density at radius 1 is 1.31 bits per heavy atom. The maximum absolute atomic E-state index is 5.64. The molecule has 1 rings (SSSR count). The largest absolute Gasteiger partial charge is 0.381 e. The molecule has 0 aliphatic rings. The highest BCUT2D eigenvalue weighted by atomic mass is 32.1. The van der Waals surface area contributed by atoms with Crippen molar-refractivity contribution in [1.82, 2.24) is 5.32 Å². The Morgan fingerprint density at radius 2 is 2.06 bits per heavy atom. The zero-order chi connectivity index (χ0) is 11.8. The van der Waals surface area contributed by atoms with E-state index in [2.05, 4.69) is 36.7 Å². The van der Waals surface area contributed by atoms with E-state index in [0.717, 1.165) is 32.0 Å². The Balaban J connectivity index is 2.15. The van der Waals surface area contributed by atoms with Crippen LogP contribution < -0.4 is 5.32 Å². The lowest BCUT2D eigenvalue weighted by Gasteiger charge is -2.14.